The first-order chi connectivity index (χ1) is 16.3. The van der Waals surface area contributed by atoms with Gasteiger partial charge < -0.3 is 10.4 Å². The highest BCUT2D eigenvalue weighted by atomic mass is 32.2. The van der Waals surface area contributed by atoms with Gasteiger partial charge in [-0.05, 0) is 77.9 Å². The van der Waals surface area contributed by atoms with Gasteiger partial charge in [-0.2, -0.15) is 0 Å². The van der Waals surface area contributed by atoms with Crippen LogP contribution >= 0.6 is 11.3 Å². The number of carboxylic acid groups (broad SMARTS) is 1. The van der Waals surface area contributed by atoms with Crippen molar-refractivity contribution in [3.8, 4) is 0 Å². The number of anilines is 2. The Hall–Kier alpha value is -3.17. The van der Waals surface area contributed by atoms with Crippen LogP contribution in [0.25, 0.3) is 0 Å². The van der Waals surface area contributed by atoms with Crippen molar-refractivity contribution >= 4 is 43.9 Å². The summed E-state index contributed by atoms with van der Waals surface area (Å²) >= 11 is 1.23. The number of amides is 1. The fourth-order valence-corrected chi connectivity index (χ4v) is 7.43. The van der Waals surface area contributed by atoms with Crippen molar-refractivity contribution in [3.63, 3.8) is 0 Å². The van der Waals surface area contributed by atoms with Crippen molar-refractivity contribution in [1.29, 1.82) is 0 Å². The van der Waals surface area contributed by atoms with Gasteiger partial charge in [0.15, 0.2) is 0 Å². The van der Waals surface area contributed by atoms with Gasteiger partial charge in [-0.25, -0.2) is 13.2 Å². The van der Waals surface area contributed by atoms with Crippen molar-refractivity contribution in [2.75, 3.05) is 21.9 Å². The van der Waals surface area contributed by atoms with E-state index >= 15 is 0 Å². The van der Waals surface area contributed by atoms with E-state index in [0.29, 0.717) is 29.2 Å². The maximum atomic E-state index is 12.9. The molecule has 2 aromatic carbocycles. The van der Waals surface area contributed by atoms with Crippen molar-refractivity contribution < 1.29 is 23.1 Å². The second kappa shape index (κ2) is 8.88. The van der Waals surface area contributed by atoms with Gasteiger partial charge in [0.1, 0.15) is 5.00 Å². The summed E-state index contributed by atoms with van der Waals surface area (Å²) in [5.41, 5.74) is 4.32. The van der Waals surface area contributed by atoms with Gasteiger partial charge >= 0.3 is 5.97 Å². The number of carbonyl (C=O) groups excluding carboxylic acids is 1. The maximum Gasteiger partial charge on any atom is 0.339 e. The average molecular weight is 497 g/mol. The molecule has 5 rings (SSSR count). The third-order valence-corrected chi connectivity index (χ3v) is 9.35. The zero-order chi connectivity index (χ0) is 23.9. The minimum Gasteiger partial charge on any atom is -0.478 e. The number of hydrogen-bond donors (Lipinski definition) is 2. The van der Waals surface area contributed by atoms with Crippen LogP contribution in [0.3, 0.4) is 0 Å². The lowest BCUT2D eigenvalue weighted by atomic mass is 9.80. The van der Waals surface area contributed by atoms with Gasteiger partial charge in [-0.15, -0.1) is 11.3 Å². The van der Waals surface area contributed by atoms with E-state index in [2.05, 4.69) is 17.4 Å². The van der Waals surface area contributed by atoms with Crippen LogP contribution in [0.2, 0.25) is 0 Å². The zero-order valence-electron chi connectivity index (χ0n) is 18.4. The molecule has 1 amide bonds. The van der Waals surface area contributed by atoms with E-state index in [1.54, 1.807) is 24.3 Å². The summed E-state index contributed by atoms with van der Waals surface area (Å²) in [6, 6.07) is 14.6. The number of aryl methyl sites for hydroxylation is 1. The first-order valence-electron chi connectivity index (χ1n) is 11.2. The van der Waals surface area contributed by atoms with E-state index in [1.807, 2.05) is 17.5 Å². The van der Waals surface area contributed by atoms with Gasteiger partial charge in [0, 0.05) is 12.1 Å². The van der Waals surface area contributed by atoms with E-state index in [9.17, 15) is 23.1 Å². The minimum atomic E-state index is -3.29. The molecule has 0 radical (unpaired) electrons. The predicted molar refractivity (Wildman–Crippen MR) is 133 cm³/mol. The number of benzene rings is 2. The van der Waals surface area contributed by atoms with Crippen molar-refractivity contribution in [1.82, 2.24) is 0 Å². The fraction of sp³-hybridized carbons (Fsp3) is 0.280. The zero-order valence-corrected chi connectivity index (χ0v) is 20.0. The molecule has 9 heteroatoms. The summed E-state index contributed by atoms with van der Waals surface area (Å²) in [6.07, 6.45) is 3.12. The number of nitrogens with one attached hydrogen (secondary N) is 1. The SMILES string of the molecule is O=C(Nc1scc(C2CCc3ccccc3C2)c1C(=O)O)c1ccc(N2CCCS2(=O)=O)cc1. The van der Waals surface area contributed by atoms with E-state index in [1.165, 1.54) is 26.8 Å². The van der Waals surface area contributed by atoms with Crippen LogP contribution in [0.15, 0.2) is 53.9 Å². The second-order valence-electron chi connectivity index (χ2n) is 8.65. The largest absolute Gasteiger partial charge is 0.478 e. The first kappa shape index (κ1) is 22.6. The number of thiophene rings is 1. The molecule has 1 fully saturated rings. The molecule has 1 aliphatic heterocycles. The lowest BCUT2D eigenvalue weighted by Crippen LogP contribution is -2.25. The summed E-state index contributed by atoms with van der Waals surface area (Å²) in [5.74, 6) is -1.27. The number of fused-ring (bicyclic) bond motifs is 1. The molecule has 0 saturated carbocycles. The first-order valence-corrected chi connectivity index (χ1v) is 13.7. The van der Waals surface area contributed by atoms with Crippen LogP contribution in [0.4, 0.5) is 10.7 Å². The highest BCUT2D eigenvalue weighted by Gasteiger charge is 2.30. The average Bonchev–Trinajstić information content (AvgIpc) is 3.41. The number of rotatable bonds is 5. The van der Waals surface area contributed by atoms with Crippen LogP contribution in [0.5, 0.6) is 0 Å². The third-order valence-electron chi connectivity index (χ3n) is 6.56. The van der Waals surface area contributed by atoms with Crippen molar-refractivity contribution in [2.24, 2.45) is 0 Å². The minimum absolute atomic E-state index is 0.0876. The van der Waals surface area contributed by atoms with Crippen molar-refractivity contribution in [2.45, 2.75) is 31.6 Å². The molecule has 2 aliphatic rings. The van der Waals surface area contributed by atoms with E-state index < -0.39 is 21.9 Å². The van der Waals surface area contributed by atoms with E-state index in [-0.39, 0.29) is 17.2 Å². The predicted octanol–water partition coefficient (Wildman–Crippen LogP) is 4.51. The van der Waals surface area contributed by atoms with Gasteiger partial charge in [0.2, 0.25) is 10.0 Å². The molecule has 1 aromatic heterocycles. The van der Waals surface area contributed by atoms with Gasteiger partial charge in [0.25, 0.3) is 5.91 Å². The fourth-order valence-electron chi connectivity index (χ4n) is 4.83. The highest BCUT2D eigenvalue weighted by Crippen LogP contribution is 2.40. The number of carbonyl (C=O) groups is 2. The maximum absolute atomic E-state index is 12.9. The van der Waals surface area contributed by atoms with Crippen LogP contribution in [0, 0.1) is 0 Å². The Kier molecular flexibility index (Phi) is 5.91. The van der Waals surface area contributed by atoms with Crippen molar-refractivity contribution in [3.05, 3.63) is 81.7 Å². The molecular formula is C25H24N2O5S2. The Balaban J connectivity index is 1.35. The Morgan fingerprint density at radius 3 is 2.47 bits per heavy atom. The number of nitrogens with zero attached hydrogens (tertiary/aromatic N) is 1. The molecule has 2 N–H and O–H groups in total. The Bertz CT molecular complexity index is 1360. The lowest BCUT2D eigenvalue weighted by Gasteiger charge is -2.24. The highest BCUT2D eigenvalue weighted by molar-refractivity contribution is 7.93. The quantitative estimate of drug-likeness (QED) is 0.541. The van der Waals surface area contributed by atoms with Crippen LogP contribution in [-0.4, -0.2) is 37.7 Å². The van der Waals surface area contributed by atoms with Crippen LogP contribution in [0.1, 0.15) is 56.2 Å². The van der Waals surface area contributed by atoms with Crippen LogP contribution < -0.4 is 9.62 Å². The summed E-state index contributed by atoms with van der Waals surface area (Å²) in [4.78, 5) is 25.0. The number of aromatic carboxylic acids is 1. The van der Waals surface area contributed by atoms with Gasteiger partial charge in [0.05, 0.1) is 17.0 Å². The normalized spacial score (nSPS) is 18.9. The summed E-state index contributed by atoms with van der Waals surface area (Å²) in [7, 11) is -3.29. The number of carboxylic acids is 1. The molecule has 34 heavy (non-hydrogen) atoms. The summed E-state index contributed by atoms with van der Waals surface area (Å²) in [5, 5.41) is 14.9. The Morgan fingerprint density at radius 1 is 1.06 bits per heavy atom. The Labute approximate surface area is 202 Å². The number of hydrogen-bond acceptors (Lipinski definition) is 5. The molecule has 1 atom stereocenters. The molecule has 2 heterocycles. The summed E-state index contributed by atoms with van der Waals surface area (Å²) < 4.78 is 25.6. The molecular weight excluding hydrogens is 472 g/mol. The topological polar surface area (TPSA) is 104 Å². The lowest BCUT2D eigenvalue weighted by molar-refractivity contribution is 0.0696. The molecule has 0 spiro atoms. The second-order valence-corrected chi connectivity index (χ2v) is 11.5. The van der Waals surface area contributed by atoms with Crippen LogP contribution in [-0.2, 0) is 22.9 Å². The molecule has 1 unspecified atom stereocenters. The Morgan fingerprint density at radius 2 is 1.79 bits per heavy atom. The summed E-state index contributed by atoms with van der Waals surface area (Å²) in [6.45, 7) is 0.430. The molecule has 1 saturated heterocycles. The molecule has 7 nitrogen and oxygen atoms in total. The molecule has 1 aliphatic carbocycles. The van der Waals surface area contributed by atoms with E-state index in [4.69, 9.17) is 0 Å². The smallest absolute Gasteiger partial charge is 0.339 e. The third kappa shape index (κ3) is 4.21. The molecule has 0 bridgehead atoms. The molecule has 176 valence electrons. The monoisotopic (exact) mass is 496 g/mol. The van der Waals surface area contributed by atoms with Gasteiger partial charge in [-0.1, -0.05) is 24.3 Å². The van der Waals surface area contributed by atoms with Gasteiger partial charge in [-0.3, -0.25) is 9.10 Å². The number of sulfonamides is 1. The van der Waals surface area contributed by atoms with E-state index in [0.717, 1.165) is 24.8 Å². The standard InChI is InChI=1S/C25H24N2O5S2/c28-23(17-8-10-20(11-9-17)27-12-3-13-34(27,31)32)26-24-22(25(29)30)21(15-33-24)19-7-6-16-4-1-2-5-18(16)14-19/h1-2,4-5,8-11,15,19H,3,6-7,12-14H2,(H,26,28)(H,29,30). The molecule has 3 aromatic rings.